The van der Waals surface area contributed by atoms with Crippen LogP contribution in [-0.4, -0.2) is 36.9 Å². The van der Waals surface area contributed by atoms with E-state index in [1.54, 1.807) is 7.05 Å². The summed E-state index contributed by atoms with van der Waals surface area (Å²) in [5.41, 5.74) is 0. The molecular formula is C13H19NO4S2. The minimum Gasteiger partial charge on any atom is -0.477 e. The van der Waals surface area contributed by atoms with Crippen LogP contribution in [0.3, 0.4) is 0 Å². The van der Waals surface area contributed by atoms with E-state index in [0.29, 0.717) is 5.92 Å². The molecule has 1 aliphatic carbocycles. The molecule has 0 unspecified atom stereocenters. The van der Waals surface area contributed by atoms with E-state index in [-0.39, 0.29) is 15.1 Å². The monoisotopic (exact) mass is 317 g/mol. The van der Waals surface area contributed by atoms with Crippen molar-refractivity contribution in [3.63, 3.8) is 0 Å². The molecule has 1 aliphatic rings. The first kappa shape index (κ1) is 15.5. The van der Waals surface area contributed by atoms with Crippen LogP contribution in [0.1, 0.15) is 42.3 Å². The predicted molar refractivity (Wildman–Crippen MR) is 77.6 cm³/mol. The molecule has 1 fully saturated rings. The van der Waals surface area contributed by atoms with Crippen LogP contribution in [0.2, 0.25) is 0 Å². The fourth-order valence-corrected chi connectivity index (χ4v) is 5.26. The van der Waals surface area contributed by atoms with E-state index in [0.717, 1.165) is 37.0 Å². The zero-order valence-electron chi connectivity index (χ0n) is 11.6. The van der Waals surface area contributed by atoms with Gasteiger partial charge in [-0.1, -0.05) is 6.92 Å². The Hall–Kier alpha value is -0.920. The molecule has 1 N–H and O–H groups in total. The molecule has 1 aromatic rings. The number of hydrogen-bond donors (Lipinski definition) is 1. The van der Waals surface area contributed by atoms with Crippen molar-refractivity contribution in [2.24, 2.45) is 5.92 Å². The number of sulfonamides is 1. The Bertz CT molecular complexity index is 585. The van der Waals surface area contributed by atoms with E-state index >= 15 is 0 Å². The highest BCUT2D eigenvalue weighted by molar-refractivity contribution is 7.91. The average molecular weight is 317 g/mol. The van der Waals surface area contributed by atoms with Gasteiger partial charge in [-0.05, 0) is 43.7 Å². The zero-order valence-corrected chi connectivity index (χ0v) is 13.2. The van der Waals surface area contributed by atoms with E-state index in [9.17, 15) is 13.2 Å². The maximum Gasteiger partial charge on any atom is 0.345 e. The Balaban J connectivity index is 2.18. The Morgan fingerprint density at radius 1 is 1.30 bits per heavy atom. The smallest absolute Gasteiger partial charge is 0.345 e. The van der Waals surface area contributed by atoms with Gasteiger partial charge in [-0.25, -0.2) is 13.2 Å². The number of nitrogens with zero attached hydrogens (tertiary/aromatic N) is 1. The second kappa shape index (κ2) is 5.83. The molecule has 112 valence electrons. The highest BCUT2D eigenvalue weighted by atomic mass is 32.2. The Kier molecular flexibility index (Phi) is 4.51. The van der Waals surface area contributed by atoms with Crippen LogP contribution in [0.25, 0.3) is 0 Å². The van der Waals surface area contributed by atoms with Gasteiger partial charge in [0.15, 0.2) is 0 Å². The maximum atomic E-state index is 12.5. The third-order valence-corrected chi connectivity index (χ3v) is 7.38. The van der Waals surface area contributed by atoms with E-state index in [4.69, 9.17) is 5.11 Å². The Labute approximate surface area is 123 Å². The van der Waals surface area contributed by atoms with Gasteiger partial charge in [-0.3, -0.25) is 0 Å². The van der Waals surface area contributed by atoms with Crippen molar-refractivity contribution in [3.05, 3.63) is 17.0 Å². The molecule has 7 heteroatoms. The lowest BCUT2D eigenvalue weighted by Gasteiger charge is -2.32. The molecule has 0 atom stereocenters. The molecule has 5 nitrogen and oxygen atoms in total. The van der Waals surface area contributed by atoms with Gasteiger partial charge in [0, 0.05) is 13.1 Å². The number of aromatic carboxylic acids is 1. The third kappa shape index (κ3) is 3.05. The van der Waals surface area contributed by atoms with Gasteiger partial charge in [-0.2, -0.15) is 4.31 Å². The number of hydrogen-bond acceptors (Lipinski definition) is 4. The molecule has 1 aromatic heterocycles. The normalized spacial score (nSPS) is 23.9. The van der Waals surface area contributed by atoms with Crippen LogP contribution in [0.5, 0.6) is 0 Å². The summed E-state index contributed by atoms with van der Waals surface area (Å²) in [4.78, 5) is 10.9. The zero-order chi connectivity index (χ0) is 14.9. The second-order valence-corrected chi connectivity index (χ2v) is 8.67. The van der Waals surface area contributed by atoms with Crippen LogP contribution in [0.15, 0.2) is 16.3 Å². The highest BCUT2D eigenvalue weighted by Gasteiger charge is 2.31. The molecule has 0 bridgehead atoms. The highest BCUT2D eigenvalue weighted by Crippen LogP contribution is 2.31. The fourth-order valence-electron chi connectivity index (χ4n) is 2.52. The van der Waals surface area contributed by atoms with Gasteiger partial charge >= 0.3 is 5.97 Å². The molecule has 0 amide bonds. The van der Waals surface area contributed by atoms with Crippen molar-refractivity contribution in [2.75, 3.05) is 7.05 Å². The molecule has 0 radical (unpaired) electrons. The lowest BCUT2D eigenvalue weighted by Crippen LogP contribution is -2.38. The lowest BCUT2D eigenvalue weighted by molar-refractivity contribution is 0.0702. The van der Waals surface area contributed by atoms with E-state index in [2.05, 4.69) is 6.92 Å². The van der Waals surface area contributed by atoms with Gasteiger partial charge in [0.05, 0.1) is 0 Å². The summed E-state index contributed by atoms with van der Waals surface area (Å²) in [6.45, 7) is 2.18. The standard InChI is InChI=1S/C13H19NO4S2/c1-9-3-5-10(6-4-9)14(2)20(17,18)12-8-7-11(19-12)13(15)16/h7-10H,3-6H2,1-2H3,(H,15,16). The predicted octanol–water partition coefficient (Wildman–Crippen LogP) is 2.65. The van der Waals surface area contributed by atoms with Crippen molar-refractivity contribution in [3.8, 4) is 0 Å². The third-order valence-electron chi connectivity index (χ3n) is 3.93. The van der Waals surface area contributed by atoms with E-state index in [1.165, 1.54) is 16.4 Å². The lowest BCUT2D eigenvalue weighted by atomic mass is 9.87. The summed E-state index contributed by atoms with van der Waals surface area (Å²) in [6, 6.07) is 2.74. The number of carboxylic acids is 1. The van der Waals surface area contributed by atoms with Crippen LogP contribution in [0.4, 0.5) is 0 Å². The summed E-state index contributed by atoms with van der Waals surface area (Å²) < 4.78 is 26.5. The summed E-state index contributed by atoms with van der Waals surface area (Å²) in [5.74, 6) is -0.437. The van der Waals surface area contributed by atoms with Crippen molar-refractivity contribution < 1.29 is 18.3 Å². The molecular weight excluding hydrogens is 298 g/mol. The fraction of sp³-hybridized carbons (Fsp3) is 0.615. The Morgan fingerprint density at radius 2 is 1.90 bits per heavy atom. The molecule has 0 spiro atoms. The maximum absolute atomic E-state index is 12.5. The number of thiophene rings is 1. The van der Waals surface area contributed by atoms with E-state index < -0.39 is 16.0 Å². The molecule has 0 aliphatic heterocycles. The van der Waals surface area contributed by atoms with Gasteiger partial charge < -0.3 is 5.11 Å². The first-order valence-corrected chi connectivity index (χ1v) is 8.89. The largest absolute Gasteiger partial charge is 0.477 e. The van der Waals surface area contributed by atoms with Crippen LogP contribution in [-0.2, 0) is 10.0 Å². The van der Waals surface area contributed by atoms with Gasteiger partial charge in [-0.15, -0.1) is 11.3 Å². The molecule has 0 saturated heterocycles. The summed E-state index contributed by atoms with van der Waals surface area (Å²) in [7, 11) is -1.99. The molecule has 2 rings (SSSR count). The quantitative estimate of drug-likeness (QED) is 0.926. The van der Waals surface area contributed by atoms with E-state index in [1.807, 2.05) is 0 Å². The van der Waals surface area contributed by atoms with Crippen LogP contribution < -0.4 is 0 Å². The van der Waals surface area contributed by atoms with Crippen molar-refractivity contribution in [1.29, 1.82) is 0 Å². The summed E-state index contributed by atoms with van der Waals surface area (Å²) >= 11 is 0.812. The van der Waals surface area contributed by atoms with Gasteiger partial charge in [0.1, 0.15) is 9.09 Å². The van der Waals surface area contributed by atoms with Gasteiger partial charge in [0.2, 0.25) is 0 Å². The first-order chi connectivity index (χ1) is 9.32. The molecule has 1 heterocycles. The van der Waals surface area contributed by atoms with Crippen LogP contribution >= 0.6 is 11.3 Å². The second-order valence-electron chi connectivity index (χ2n) is 5.36. The van der Waals surface area contributed by atoms with Gasteiger partial charge in [0.25, 0.3) is 10.0 Å². The molecule has 20 heavy (non-hydrogen) atoms. The summed E-state index contributed by atoms with van der Waals surface area (Å²) in [5, 5.41) is 8.88. The Morgan fingerprint density at radius 3 is 2.40 bits per heavy atom. The van der Waals surface area contributed by atoms with Crippen LogP contribution in [0, 0.1) is 5.92 Å². The number of rotatable bonds is 4. The minimum absolute atomic E-state index is 0.0200. The van der Waals surface area contributed by atoms with Crippen molar-refractivity contribution in [2.45, 2.75) is 42.9 Å². The molecule has 0 aromatic carbocycles. The number of carbonyl (C=O) groups is 1. The summed E-state index contributed by atoms with van der Waals surface area (Å²) in [6.07, 6.45) is 3.81. The van der Waals surface area contributed by atoms with Crippen molar-refractivity contribution in [1.82, 2.24) is 4.31 Å². The number of carboxylic acid groups (broad SMARTS) is 1. The topological polar surface area (TPSA) is 74.7 Å². The van der Waals surface area contributed by atoms with Crippen molar-refractivity contribution >= 4 is 27.3 Å². The minimum atomic E-state index is -3.58. The molecule has 1 saturated carbocycles. The SMILES string of the molecule is CC1CCC(N(C)S(=O)(=O)c2ccc(C(=O)O)s2)CC1. The average Bonchev–Trinajstić information content (AvgIpc) is 2.89. The first-order valence-electron chi connectivity index (χ1n) is 6.63.